The third-order valence-electron chi connectivity index (χ3n) is 2.67. The number of nitrogens with one attached hydrogen (secondary N) is 1. The van der Waals surface area contributed by atoms with Crippen molar-refractivity contribution < 1.29 is 4.74 Å². The Morgan fingerprint density at radius 2 is 2.18 bits per heavy atom. The summed E-state index contributed by atoms with van der Waals surface area (Å²) >= 11 is 1.85. The van der Waals surface area contributed by atoms with E-state index in [1.807, 2.05) is 11.8 Å². The van der Waals surface area contributed by atoms with Crippen molar-refractivity contribution >= 4 is 16.9 Å². The van der Waals surface area contributed by atoms with E-state index in [1.54, 1.807) is 0 Å². The number of aliphatic imine (C=N–C) groups is 1. The van der Waals surface area contributed by atoms with Crippen LogP contribution in [0.2, 0.25) is 0 Å². The fourth-order valence-electron chi connectivity index (χ4n) is 1.53. The Hall–Kier alpha value is -0.220. The van der Waals surface area contributed by atoms with Crippen molar-refractivity contribution in [1.29, 1.82) is 0 Å². The molecule has 3 nitrogen and oxygen atoms in total. The van der Waals surface area contributed by atoms with Crippen LogP contribution in [-0.2, 0) is 4.74 Å². The Morgan fingerprint density at radius 3 is 2.76 bits per heavy atom. The van der Waals surface area contributed by atoms with E-state index >= 15 is 0 Å². The standard InChI is InChI=1S/C13H26N2OS/c1-10(2)8-16-7-5-6-14-13-15-12(9-17-13)11(3)4/h10-12H,5-9H2,1-4H3,(H,14,15). The first-order valence-electron chi connectivity index (χ1n) is 6.61. The van der Waals surface area contributed by atoms with Crippen LogP contribution < -0.4 is 5.32 Å². The summed E-state index contributed by atoms with van der Waals surface area (Å²) in [6, 6.07) is 0.593. The molecule has 1 heterocycles. The average Bonchev–Trinajstić information content (AvgIpc) is 2.71. The molecule has 1 unspecified atom stereocenters. The lowest BCUT2D eigenvalue weighted by Crippen LogP contribution is -2.31. The molecule has 0 bridgehead atoms. The van der Waals surface area contributed by atoms with Gasteiger partial charge in [-0.2, -0.15) is 0 Å². The quantitative estimate of drug-likeness (QED) is 0.713. The Balaban J connectivity index is 2.06. The second-order valence-electron chi connectivity index (χ2n) is 5.32. The first-order valence-corrected chi connectivity index (χ1v) is 7.59. The molecule has 4 heteroatoms. The molecule has 100 valence electrons. The molecule has 1 N–H and O–H groups in total. The Morgan fingerprint density at radius 1 is 1.41 bits per heavy atom. The summed E-state index contributed by atoms with van der Waals surface area (Å²) in [5, 5.41) is 4.59. The molecule has 0 aromatic rings. The van der Waals surface area contributed by atoms with Crippen LogP contribution >= 0.6 is 11.8 Å². The highest BCUT2D eigenvalue weighted by atomic mass is 32.2. The van der Waals surface area contributed by atoms with Gasteiger partial charge in [0.05, 0.1) is 0 Å². The molecule has 0 amide bonds. The maximum Gasteiger partial charge on any atom is 0.156 e. The first-order chi connectivity index (χ1) is 8.09. The first kappa shape index (κ1) is 14.8. The molecular formula is C13H26N2OS. The summed E-state index contributed by atoms with van der Waals surface area (Å²) in [6.45, 7) is 11.4. The Bertz CT molecular complexity index is 242. The lowest BCUT2D eigenvalue weighted by molar-refractivity contribution is 0.109. The smallest absolute Gasteiger partial charge is 0.156 e. The van der Waals surface area contributed by atoms with E-state index in [9.17, 15) is 0 Å². The van der Waals surface area contributed by atoms with Crippen LogP contribution in [0, 0.1) is 11.8 Å². The van der Waals surface area contributed by atoms with Gasteiger partial charge < -0.3 is 10.1 Å². The summed E-state index contributed by atoms with van der Waals surface area (Å²) in [5.74, 6) is 2.46. The highest BCUT2D eigenvalue weighted by molar-refractivity contribution is 8.14. The minimum Gasteiger partial charge on any atom is -0.381 e. The van der Waals surface area contributed by atoms with Gasteiger partial charge >= 0.3 is 0 Å². The minimum absolute atomic E-state index is 0.593. The maximum absolute atomic E-state index is 5.52. The van der Waals surface area contributed by atoms with Gasteiger partial charge in [0, 0.05) is 31.6 Å². The summed E-state index contributed by atoms with van der Waals surface area (Å²) < 4.78 is 5.52. The van der Waals surface area contributed by atoms with E-state index in [1.165, 1.54) is 0 Å². The second-order valence-corrected chi connectivity index (χ2v) is 6.32. The van der Waals surface area contributed by atoms with Crippen LogP contribution in [0.3, 0.4) is 0 Å². The SMILES string of the molecule is CC(C)COCCCN=C1NC(C(C)C)CS1. The van der Waals surface area contributed by atoms with E-state index in [-0.39, 0.29) is 0 Å². The predicted octanol–water partition coefficient (Wildman–Crippen LogP) is 2.77. The van der Waals surface area contributed by atoms with Crippen LogP contribution in [0.4, 0.5) is 0 Å². The molecular weight excluding hydrogens is 232 g/mol. The predicted molar refractivity (Wildman–Crippen MR) is 76.8 cm³/mol. The molecule has 1 aliphatic rings. The topological polar surface area (TPSA) is 33.6 Å². The zero-order valence-corrected chi connectivity index (χ0v) is 12.3. The number of hydrogen-bond donors (Lipinski definition) is 1. The van der Waals surface area contributed by atoms with Gasteiger partial charge in [-0.05, 0) is 18.3 Å². The molecule has 0 aliphatic carbocycles. The van der Waals surface area contributed by atoms with Crippen LogP contribution in [0.5, 0.6) is 0 Å². The van der Waals surface area contributed by atoms with Gasteiger partial charge in [-0.15, -0.1) is 0 Å². The number of thioether (sulfide) groups is 1. The van der Waals surface area contributed by atoms with E-state index in [0.717, 1.165) is 37.1 Å². The number of rotatable bonds is 7. The van der Waals surface area contributed by atoms with Crippen LogP contribution in [-0.4, -0.2) is 36.7 Å². The zero-order valence-electron chi connectivity index (χ0n) is 11.5. The fraction of sp³-hybridized carbons (Fsp3) is 0.923. The van der Waals surface area contributed by atoms with Crippen LogP contribution in [0.15, 0.2) is 4.99 Å². The third kappa shape index (κ3) is 6.32. The largest absolute Gasteiger partial charge is 0.381 e. The molecule has 0 spiro atoms. The lowest BCUT2D eigenvalue weighted by atomic mass is 10.1. The normalized spacial score (nSPS) is 22.7. The van der Waals surface area contributed by atoms with E-state index in [2.05, 4.69) is 38.0 Å². The number of nitrogens with zero attached hydrogens (tertiary/aromatic N) is 1. The van der Waals surface area contributed by atoms with Gasteiger partial charge in [-0.1, -0.05) is 39.5 Å². The molecule has 1 atom stereocenters. The van der Waals surface area contributed by atoms with Crippen molar-refractivity contribution in [3.63, 3.8) is 0 Å². The molecule has 1 fully saturated rings. The molecule has 1 rings (SSSR count). The summed E-state index contributed by atoms with van der Waals surface area (Å²) in [6.07, 6.45) is 1.02. The zero-order chi connectivity index (χ0) is 12.7. The van der Waals surface area contributed by atoms with Crippen molar-refractivity contribution in [2.24, 2.45) is 16.8 Å². The summed E-state index contributed by atoms with van der Waals surface area (Å²) in [5.41, 5.74) is 0. The van der Waals surface area contributed by atoms with E-state index in [4.69, 9.17) is 4.74 Å². The van der Waals surface area contributed by atoms with Crippen LogP contribution in [0.1, 0.15) is 34.1 Å². The van der Waals surface area contributed by atoms with Gasteiger partial charge in [-0.3, -0.25) is 4.99 Å². The molecule has 0 aromatic carbocycles. The number of hydrogen-bond acceptors (Lipinski definition) is 3. The molecule has 17 heavy (non-hydrogen) atoms. The second kappa shape index (κ2) is 7.98. The number of ether oxygens (including phenoxy) is 1. The fourth-order valence-corrected chi connectivity index (χ4v) is 2.75. The van der Waals surface area contributed by atoms with Crippen molar-refractivity contribution in [1.82, 2.24) is 5.32 Å². The molecule has 0 aromatic heterocycles. The minimum atomic E-state index is 0.593. The average molecular weight is 258 g/mol. The van der Waals surface area contributed by atoms with Crippen LogP contribution in [0.25, 0.3) is 0 Å². The summed E-state index contributed by atoms with van der Waals surface area (Å²) in [4.78, 5) is 4.56. The van der Waals surface area contributed by atoms with Gasteiger partial charge in [0.1, 0.15) is 0 Å². The van der Waals surface area contributed by atoms with Gasteiger partial charge in [0.25, 0.3) is 0 Å². The number of amidine groups is 1. The third-order valence-corrected chi connectivity index (χ3v) is 3.71. The van der Waals surface area contributed by atoms with Gasteiger partial charge in [-0.25, -0.2) is 0 Å². The van der Waals surface area contributed by atoms with Crippen molar-refractivity contribution in [2.45, 2.75) is 40.2 Å². The van der Waals surface area contributed by atoms with Gasteiger partial charge in [0.2, 0.25) is 0 Å². The van der Waals surface area contributed by atoms with Gasteiger partial charge in [0.15, 0.2) is 5.17 Å². The van der Waals surface area contributed by atoms with Crippen molar-refractivity contribution in [3.8, 4) is 0 Å². The Labute approximate surface area is 110 Å². The maximum atomic E-state index is 5.52. The van der Waals surface area contributed by atoms with E-state index < -0.39 is 0 Å². The highest BCUT2D eigenvalue weighted by Crippen LogP contribution is 2.18. The molecule has 0 radical (unpaired) electrons. The Kier molecular flexibility index (Phi) is 6.97. The highest BCUT2D eigenvalue weighted by Gasteiger charge is 2.22. The molecule has 1 aliphatic heterocycles. The van der Waals surface area contributed by atoms with Crippen molar-refractivity contribution in [2.75, 3.05) is 25.5 Å². The monoisotopic (exact) mass is 258 g/mol. The summed E-state index contributed by atoms with van der Waals surface area (Å²) in [7, 11) is 0. The van der Waals surface area contributed by atoms with E-state index in [0.29, 0.717) is 17.9 Å². The van der Waals surface area contributed by atoms with Crippen molar-refractivity contribution in [3.05, 3.63) is 0 Å². The molecule has 1 saturated heterocycles. The molecule has 0 saturated carbocycles. The lowest BCUT2D eigenvalue weighted by Gasteiger charge is -2.13.